The minimum atomic E-state index is -0.123. The van der Waals surface area contributed by atoms with Crippen LogP contribution >= 0.6 is 0 Å². The highest BCUT2D eigenvalue weighted by Crippen LogP contribution is 2.11. The van der Waals surface area contributed by atoms with E-state index in [-0.39, 0.29) is 12.0 Å². The van der Waals surface area contributed by atoms with E-state index < -0.39 is 0 Å². The lowest BCUT2D eigenvalue weighted by atomic mass is 10.1. The number of hydrogen-bond acceptors (Lipinski definition) is 3. The van der Waals surface area contributed by atoms with Gasteiger partial charge in [0.15, 0.2) is 0 Å². The van der Waals surface area contributed by atoms with Crippen LogP contribution in [-0.2, 0) is 9.53 Å². The number of carbonyl (C=O) groups excluding carboxylic acids is 1. The summed E-state index contributed by atoms with van der Waals surface area (Å²) in [5.74, 6) is 1.24. The molecule has 0 N–H and O–H groups in total. The molecule has 18 heavy (non-hydrogen) atoms. The molecule has 0 aromatic heterocycles. The first-order chi connectivity index (χ1) is 8.38. The molecule has 3 nitrogen and oxygen atoms in total. The number of hydrogen-bond donors (Lipinski definition) is 0. The average molecular weight is 257 g/mol. The lowest BCUT2D eigenvalue weighted by Gasteiger charge is -2.28. The monoisotopic (exact) mass is 257 g/mol. The Kier molecular flexibility index (Phi) is 9.08. The normalized spacial score (nSPS) is 13.4. The molecule has 0 aliphatic rings. The lowest BCUT2D eigenvalue weighted by molar-refractivity contribution is -0.149. The van der Waals surface area contributed by atoms with E-state index in [9.17, 15) is 4.79 Å². The molecule has 0 heterocycles. The summed E-state index contributed by atoms with van der Waals surface area (Å²) in [6.07, 6.45) is 2.25. The second kappa shape index (κ2) is 9.37. The van der Waals surface area contributed by atoms with Crippen molar-refractivity contribution in [2.45, 2.75) is 60.4 Å². The van der Waals surface area contributed by atoms with Crippen LogP contribution in [0.5, 0.6) is 0 Å². The molecule has 108 valence electrons. The summed E-state index contributed by atoms with van der Waals surface area (Å²) < 4.78 is 5.12. The minimum Gasteiger partial charge on any atom is -0.465 e. The molecule has 0 bridgehead atoms. The molecule has 0 aliphatic heterocycles. The van der Waals surface area contributed by atoms with Gasteiger partial charge >= 0.3 is 5.97 Å². The first-order valence-electron chi connectivity index (χ1n) is 7.29. The fourth-order valence-corrected chi connectivity index (χ4v) is 1.76. The van der Waals surface area contributed by atoms with E-state index in [0.29, 0.717) is 18.4 Å². The van der Waals surface area contributed by atoms with Gasteiger partial charge in [-0.2, -0.15) is 0 Å². The zero-order valence-corrected chi connectivity index (χ0v) is 13.0. The van der Waals surface area contributed by atoms with E-state index in [2.05, 4.69) is 32.6 Å². The number of carbonyl (C=O) groups is 1. The van der Waals surface area contributed by atoms with Crippen molar-refractivity contribution >= 4 is 5.97 Å². The third-order valence-corrected chi connectivity index (χ3v) is 3.16. The Hall–Kier alpha value is -0.570. The quantitative estimate of drug-likeness (QED) is 0.593. The van der Waals surface area contributed by atoms with E-state index in [1.807, 2.05) is 13.8 Å². The van der Waals surface area contributed by atoms with Crippen molar-refractivity contribution in [1.29, 1.82) is 0 Å². The summed E-state index contributed by atoms with van der Waals surface area (Å²) in [6, 6.07) is -0.123. The summed E-state index contributed by atoms with van der Waals surface area (Å²) in [6.45, 7) is 15.1. The number of esters is 1. The molecule has 0 rings (SSSR count). The lowest BCUT2D eigenvalue weighted by Crippen LogP contribution is -2.42. The van der Waals surface area contributed by atoms with Crippen molar-refractivity contribution in [3.05, 3.63) is 0 Å². The third-order valence-electron chi connectivity index (χ3n) is 3.16. The van der Waals surface area contributed by atoms with E-state index in [1.165, 1.54) is 0 Å². The van der Waals surface area contributed by atoms with E-state index in [4.69, 9.17) is 4.74 Å². The number of nitrogens with zero attached hydrogens (tertiary/aromatic N) is 1. The zero-order valence-electron chi connectivity index (χ0n) is 13.0. The van der Waals surface area contributed by atoms with Crippen LogP contribution in [0.3, 0.4) is 0 Å². The van der Waals surface area contributed by atoms with Crippen molar-refractivity contribution in [2.24, 2.45) is 11.8 Å². The zero-order chi connectivity index (χ0) is 14.1. The molecule has 0 aromatic carbocycles. The van der Waals surface area contributed by atoms with Gasteiger partial charge in [0.2, 0.25) is 0 Å². The molecule has 0 saturated heterocycles. The van der Waals surface area contributed by atoms with Gasteiger partial charge < -0.3 is 4.74 Å². The first kappa shape index (κ1) is 17.4. The molecule has 1 unspecified atom stereocenters. The molecule has 3 heteroatoms. The van der Waals surface area contributed by atoms with Gasteiger partial charge in [-0.25, -0.2) is 0 Å². The fourth-order valence-electron chi connectivity index (χ4n) is 1.76. The second-order valence-electron chi connectivity index (χ2n) is 5.83. The van der Waals surface area contributed by atoms with Crippen molar-refractivity contribution in [3.8, 4) is 0 Å². The third kappa shape index (κ3) is 7.70. The number of ether oxygens (including phenoxy) is 1. The smallest absolute Gasteiger partial charge is 0.323 e. The van der Waals surface area contributed by atoms with Gasteiger partial charge in [-0.05, 0) is 51.6 Å². The summed E-state index contributed by atoms with van der Waals surface area (Å²) in [4.78, 5) is 14.1. The van der Waals surface area contributed by atoms with Gasteiger partial charge in [-0.1, -0.05) is 27.7 Å². The Morgan fingerprint density at radius 3 is 1.78 bits per heavy atom. The first-order valence-corrected chi connectivity index (χ1v) is 7.29. The highest BCUT2D eigenvalue weighted by atomic mass is 16.5. The van der Waals surface area contributed by atoms with Crippen LogP contribution in [0.25, 0.3) is 0 Å². The number of rotatable bonds is 9. The van der Waals surface area contributed by atoms with Crippen molar-refractivity contribution in [2.75, 3.05) is 19.7 Å². The van der Waals surface area contributed by atoms with Gasteiger partial charge in [0.1, 0.15) is 6.04 Å². The molecule has 0 fully saturated rings. The molecular formula is C15H31NO2. The SMILES string of the molecule is CCOC(=O)C(C)N(CCC(C)C)CCC(C)C. The highest BCUT2D eigenvalue weighted by molar-refractivity contribution is 5.75. The molecule has 0 aliphatic carbocycles. The van der Waals surface area contributed by atoms with Gasteiger partial charge in [-0.15, -0.1) is 0 Å². The Labute approximate surface area is 113 Å². The van der Waals surface area contributed by atoms with Crippen LogP contribution in [0.4, 0.5) is 0 Å². The predicted molar refractivity (Wildman–Crippen MR) is 76.6 cm³/mol. The van der Waals surface area contributed by atoms with Crippen LogP contribution in [0.15, 0.2) is 0 Å². The van der Waals surface area contributed by atoms with Crippen LogP contribution < -0.4 is 0 Å². The topological polar surface area (TPSA) is 29.5 Å². The van der Waals surface area contributed by atoms with Crippen LogP contribution in [-0.4, -0.2) is 36.6 Å². The average Bonchev–Trinajstić information content (AvgIpc) is 2.28. The summed E-state index contributed by atoms with van der Waals surface area (Å²) >= 11 is 0. The molecule has 0 radical (unpaired) electrons. The predicted octanol–water partition coefficient (Wildman–Crippen LogP) is 3.33. The van der Waals surface area contributed by atoms with Crippen LogP contribution in [0, 0.1) is 11.8 Å². The van der Waals surface area contributed by atoms with Crippen molar-refractivity contribution in [1.82, 2.24) is 4.90 Å². The van der Waals surface area contributed by atoms with Crippen molar-refractivity contribution in [3.63, 3.8) is 0 Å². The largest absolute Gasteiger partial charge is 0.465 e. The Balaban J connectivity index is 4.37. The van der Waals surface area contributed by atoms with Gasteiger partial charge in [0.05, 0.1) is 6.61 Å². The fraction of sp³-hybridized carbons (Fsp3) is 0.933. The molecule has 0 aromatic rings. The Morgan fingerprint density at radius 2 is 1.44 bits per heavy atom. The van der Waals surface area contributed by atoms with Gasteiger partial charge in [-0.3, -0.25) is 9.69 Å². The standard InChI is InChI=1S/C15H31NO2/c1-7-18-15(17)14(6)16(10-8-12(2)3)11-9-13(4)5/h12-14H,7-11H2,1-6H3. The van der Waals surface area contributed by atoms with Gasteiger partial charge in [0.25, 0.3) is 0 Å². The Bertz CT molecular complexity index is 215. The molecule has 0 amide bonds. The highest BCUT2D eigenvalue weighted by Gasteiger charge is 2.22. The van der Waals surface area contributed by atoms with Crippen LogP contribution in [0.2, 0.25) is 0 Å². The second-order valence-corrected chi connectivity index (χ2v) is 5.83. The Morgan fingerprint density at radius 1 is 1.00 bits per heavy atom. The van der Waals surface area contributed by atoms with E-state index >= 15 is 0 Å². The van der Waals surface area contributed by atoms with Crippen molar-refractivity contribution < 1.29 is 9.53 Å². The summed E-state index contributed by atoms with van der Waals surface area (Å²) in [5.41, 5.74) is 0. The van der Waals surface area contributed by atoms with E-state index in [0.717, 1.165) is 25.9 Å². The molecular weight excluding hydrogens is 226 g/mol. The maximum Gasteiger partial charge on any atom is 0.323 e. The van der Waals surface area contributed by atoms with E-state index in [1.54, 1.807) is 0 Å². The van der Waals surface area contributed by atoms with Gasteiger partial charge in [0, 0.05) is 0 Å². The summed E-state index contributed by atoms with van der Waals surface area (Å²) in [5, 5.41) is 0. The minimum absolute atomic E-state index is 0.0926. The van der Waals surface area contributed by atoms with Crippen LogP contribution in [0.1, 0.15) is 54.4 Å². The maximum atomic E-state index is 11.8. The molecule has 0 spiro atoms. The molecule has 0 saturated carbocycles. The molecule has 1 atom stereocenters. The maximum absolute atomic E-state index is 11.8. The summed E-state index contributed by atoms with van der Waals surface area (Å²) in [7, 11) is 0.